The van der Waals surface area contributed by atoms with Crippen LogP contribution in [0.1, 0.15) is 50.8 Å². The van der Waals surface area contributed by atoms with Crippen LogP contribution in [0.25, 0.3) is 0 Å². The fraction of sp³-hybridized carbons (Fsp3) is 0.667. The van der Waals surface area contributed by atoms with Crippen LogP contribution in [0.2, 0.25) is 0 Å². The molecule has 1 unspecified atom stereocenters. The van der Waals surface area contributed by atoms with E-state index in [-0.39, 0.29) is 5.92 Å². The average molecular weight is 222 g/mol. The standard InChI is InChI=1S/C12H18N2O2/c1-8(2)11(12(15)16)10-6-14(7-13-10)9-4-3-5-9/h6-9,11H,3-5H2,1-2H3,(H,15,16). The Morgan fingerprint density at radius 3 is 2.69 bits per heavy atom. The maximum absolute atomic E-state index is 11.2. The highest BCUT2D eigenvalue weighted by molar-refractivity contribution is 5.75. The Balaban J connectivity index is 2.18. The molecule has 88 valence electrons. The molecule has 2 rings (SSSR count). The number of rotatable bonds is 4. The van der Waals surface area contributed by atoms with Gasteiger partial charge in [0.2, 0.25) is 0 Å². The fourth-order valence-corrected chi connectivity index (χ4v) is 2.15. The lowest BCUT2D eigenvalue weighted by atomic mass is 9.92. The normalized spacial score (nSPS) is 18.4. The second-order valence-electron chi connectivity index (χ2n) is 4.89. The van der Waals surface area contributed by atoms with Crippen LogP contribution < -0.4 is 0 Å². The molecule has 1 aromatic heterocycles. The summed E-state index contributed by atoms with van der Waals surface area (Å²) in [6, 6.07) is 0.544. The zero-order valence-corrected chi connectivity index (χ0v) is 9.76. The van der Waals surface area contributed by atoms with Crippen LogP contribution in [0.5, 0.6) is 0 Å². The van der Waals surface area contributed by atoms with E-state index in [9.17, 15) is 4.79 Å². The lowest BCUT2D eigenvalue weighted by Crippen LogP contribution is -2.18. The van der Waals surface area contributed by atoms with Crippen molar-refractivity contribution in [2.45, 2.75) is 45.1 Å². The van der Waals surface area contributed by atoms with Gasteiger partial charge in [0, 0.05) is 12.2 Å². The second kappa shape index (κ2) is 4.28. The first-order valence-corrected chi connectivity index (χ1v) is 5.85. The molecule has 0 aromatic carbocycles. The molecule has 0 spiro atoms. The van der Waals surface area contributed by atoms with E-state index < -0.39 is 11.9 Å². The van der Waals surface area contributed by atoms with E-state index in [0.717, 1.165) is 0 Å². The van der Waals surface area contributed by atoms with E-state index >= 15 is 0 Å². The molecular weight excluding hydrogens is 204 g/mol. The Bertz CT molecular complexity index is 380. The maximum Gasteiger partial charge on any atom is 0.312 e. The van der Waals surface area contributed by atoms with Crippen LogP contribution >= 0.6 is 0 Å². The van der Waals surface area contributed by atoms with Gasteiger partial charge >= 0.3 is 5.97 Å². The second-order valence-corrected chi connectivity index (χ2v) is 4.89. The molecule has 1 atom stereocenters. The molecule has 0 aliphatic heterocycles. The number of carboxylic acid groups (broad SMARTS) is 1. The van der Waals surface area contributed by atoms with Crippen molar-refractivity contribution >= 4 is 5.97 Å². The average Bonchev–Trinajstić information content (AvgIpc) is 2.48. The van der Waals surface area contributed by atoms with Gasteiger partial charge in [0.05, 0.1) is 12.0 Å². The Morgan fingerprint density at radius 1 is 1.56 bits per heavy atom. The number of aliphatic carboxylic acids is 1. The number of carboxylic acids is 1. The molecule has 1 N–H and O–H groups in total. The van der Waals surface area contributed by atoms with Gasteiger partial charge in [0.1, 0.15) is 5.92 Å². The van der Waals surface area contributed by atoms with E-state index in [2.05, 4.69) is 9.55 Å². The first-order chi connectivity index (χ1) is 7.59. The molecule has 0 amide bonds. The molecule has 1 aliphatic rings. The van der Waals surface area contributed by atoms with Crippen molar-refractivity contribution in [2.24, 2.45) is 5.92 Å². The largest absolute Gasteiger partial charge is 0.481 e. The molecule has 4 heteroatoms. The van der Waals surface area contributed by atoms with Crippen molar-refractivity contribution in [1.29, 1.82) is 0 Å². The molecule has 0 bridgehead atoms. The van der Waals surface area contributed by atoms with Crippen LogP contribution in [0.15, 0.2) is 12.5 Å². The van der Waals surface area contributed by atoms with E-state index in [1.54, 1.807) is 6.33 Å². The Hall–Kier alpha value is -1.32. The van der Waals surface area contributed by atoms with Crippen molar-refractivity contribution in [2.75, 3.05) is 0 Å². The third kappa shape index (κ3) is 1.96. The predicted molar refractivity (Wildman–Crippen MR) is 60.3 cm³/mol. The minimum absolute atomic E-state index is 0.0715. The zero-order chi connectivity index (χ0) is 11.7. The lowest BCUT2D eigenvalue weighted by molar-refractivity contribution is -0.140. The molecule has 16 heavy (non-hydrogen) atoms. The Kier molecular flexibility index (Phi) is 2.99. The zero-order valence-electron chi connectivity index (χ0n) is 9.76. The van der Waals surface area contributed by atoms with Crippen LogP contribution in [0, 0.1) is 5.92 Å². The predicted octanol–water partition coefficient (Wildman–Crippen LogP) is 2.43. The van der Waals surface area contributed by atoms with E-state index in [4.69, 9.17) is 5.11 Å². The van der Waals surface area contributed by atoms with Gasteiger partial charge in [-0.2, -0.15) is 0 Å². The summed E-state index contributed by atoms with van der Waals surface area (Å²) in [5.74, 6) is -1.20. The lowest BCUT2D eigenvalue weighted by Gasteiger charge is -2.26. The summed E-state index contributed by atoms with van der Waals surface area (Å²) in [5.41, 5.74) is 0.689. The Labute approximate surface area is 95.3 Å². The summed E-state index contributed by atoms with van der Waals surface area (Å²) in [6.45, 7) is 3.84. The SMILES string of the molecule is CC(C)C(C(=O)O)c1cn(C2CCC2)cn1. The van der Waals surface area contributed by atoms with Crippen molar-refractivity contribution < 1.29 is 9.90 Å². The summed E-state index contributed by atoms with van der Waals surface area (Å²) in [6.07, 6.45) is 7.33. The Morgan fingerprint density at radius 2 is 2.25 bits per heavy atom. The third-order valence-corrected chi connectivity index (χ3v) is 3.37. The first kappa shape index (κ1) is 11.2. The molecule has 1 saturated carbocycles. The summed E-state index contributed by atoms with van der Waals surface area (Å²) < 4.78 is 2.07. The summed E-state index contributed by atoms with van der Waals surface area (Å²) in [4.78, 5) is 15.4. The number of nitrogens with zero attached hydrogens (tertiary/aromatic N) is 2. The molecule has 1 aromatic rings. The van der Waals surface area contributed by atoms with Gasteiger partial charge in [0.25, 0.3) is 0 Å². The van der Waals surface area contributed by atoms with Crippen LogP contribution in [-0.4, -0.2) is 20.6 Å². The molecule has 4 nitrogen and oxygen atoms in total. The van der Waals surface area contributed by atoms with Crippen LogP contribution in [0.3, 0.4) is 0 Å². The summed E-state index contributed by atoms with van der Waals surface area (Å²) in [5, 5.41) is 9.17. The maximum atomic E-state index is 11.2. The van der Waals surface area contributed by atoms with Crippen LogP contribution in [-0.2, 0) is 4.79 Å². The number of imidazole rings is 1. The summed E-state index contributed by atoms with van der Waals surface area (Å²) in [7, 11) is 0. The van der Waals surface area contributed by atoms with E-state index in [0.29, 0.717) is 11.7 Å². The number of hydrogen-bond acceptors (Lipinski definition) is 2. The van der Waals surface area contributed by atoms with Crippen molar-refractivity contribution in [3.8, 4) is 0 Å². The molecule has 0 saturated heterocycles. The van der Waals surface area contributed by atoms with Crippen LogP contribution in [0.4, 0.5) is 0 Å². The molecular formula is C12H18N2O2. The number of hydrogen-bond donors (Lipinski definition) is 1. The molecule has 0 radical (unpaired) electrons. The van der Waals surface area contributed by atoms with E-state index in [1.807, 2.05) is 20.0 Å². The van der Waals surface area contributed by atoms with Gasteiger partial charge in [0.15, 0.2) is 0 Å². The van der Waals surface area contributed by atoms with E-state index in [1.165, 1.54) is 19.3 Å². The first-order valence-electron chi connectivity index (χ1n) is 5.85. The van der Waals surface area contributed by atoms with Gasteiger partial charge in [-0.25, -0.2) is 4.98 Å². The third-order valence-electron chi connectivity index (χ3n) is 3.37. The summed E-state index contributed by atoms with van der Waals surface area (Å²) >= 11 is 0. The van der Waals surface area contributed by atoms with Gasteiger partial charge in [-0.1, -0.05) is 13.8 Å². The van der Waals surface area contributed by atoms with Gasteiger partial charge < -0.3 is 9.67 Å². The minimum Gasteiger partial charge on any atom is -0.481 e. The fourth-order valence-electron chi connectivity index (χ4n) is 2.15. The minimum atomic E-state index is -0.783. The highest BCUT2D eigenvalue weighted by Gasteiger charge is 2.27. The van der Waals surface area contributed by atoms with Crippen molar-refractivity contribution in [1.82, 2.24) is 9.55 Å². The van der Waals surface area contributed by atoms with Crippen molar-refractivity contribution in [3.05, 3.63) is 18.2 Å². The monoisotopic (exact) mass is 222 g/mol. The number of carbonyl (C=O) groups is 1. The highest BCUT2D eigenvalue weighted by Crippen LogP contribution is 2.32. The topological polar surface area (TPSA) is 55.1 Å². The smallest absolute Gasteiger partial charge is 0.312 e. The quantitative estimate of drug-likeness (QED) is 0.851. The van der Waals surface area contributed by atoms with Gasteiger partial charge in [-0.3, -0.25) is 4.79 Å². The highest BCUT2D eigenvalue weighted by atomic mass is 16.4. The van der Waals surface area contributed by atoms with Gasteiger partial charge in [-0.05, 0) is 25.2 Å². The number of aromatic nitrogens is 2. The van der Waals surface area contributed by atoms with Gasteiger partial charge in [-0.15, -0.1) is 0 Å². The molecule has 1 fully saturated rings. The molecule has 1 heterocycles. The van der Waals surface area contributed by atoms with Crippen molar-refractivity contribution in [3.63, 3.8) is 0 Å². The molecule has 1 aliphatic carbocycles.